The van der Waals surface area contributed by atoms with Gasteiger partial charge < -0.3 is 16.3 Å². The molecule has 1 fully saturated rings. The Hall–Kier alpha value is -1.56. The van der Waals surface area contributed by atoms with Gasteiger partial charge in [-0.25, -0.2) is 0 Å². The fourth-order valence-corrected chi connectivity index (χ4v) is 3.82. The number of nitrogens with one attached hydrogen (secondary N) is 1. The molecule has 21 heavy (non-hydrogen) atoms. The van der Waals surface area contributed by atoms with E-state index in [1.165, 1.54) is 11.3 Å². The van der Waals surface area contributed by atoms with E-state index >= 15 is 0 Å². The van der Waals surface area contributed by atoms with Crippen molar-refractivity contribution in [3.05, 3.63) is 21.9 Å². The molecule has 116 valence electrons. The van der Waals surface area contributed by atoms with E-state index in [1.807, 2.05) is 18.4 Å². The van der Waals surface area contributed by atoms with Gasteiger partial charge >= 0.3 is 0 Å². The summed E-state index contributed by atoms with van der Waals surface area (Å²) in [6.45, 7) is 4.09. The highest BCUT2D eigenvalue weighted by Gasteiger charge is 2.40. The van der Waals surface area contributed by atoms with Crippen LogP contribution in [0.1, 0.15) is 54.3 Å². The minimum Gasteiger partial charge on any atom is -0.409 e. The van der Waals surface area contributed by atoms with Crippen LogP contribution in [-0.4, -0.2) is 22.5 Å². The first-order valence-corrected chi connectivity index (χ1v) is 8.25. The molecule has 1 aromatic heterocycles. The Kier molecular flexibility index (Phi) is 4.88. The lowest BCUT2D eigenvalue weighted by molar-refractivity contribution is 0.0898. The van der Waals surface area contributed by atoms with Gasteiger partial charge in [-0.05, 0) is 55.5 Å². The van der Waals surface area contributed by atoms with Crippen molar-refractivity contribution in [2.24, 2.45) is 16.8 Å². The van der Waals surface area contributed by atoms with Crippen molar-refractivity contribution in [1.29, 1.82) is 0 Å². The number of carbonyl (C=O) groups is 1. The van der Waals surface area contributed by atoms with Gasteiger partial charge in [-0.3, -0.25) is 4.79 Å². The Bertz CT molecular complexity index is 531. The molecule has 1 amide bonds. The average Bonchev–Trinajstić information content (AvgIpc) is 2.93. The second-order valence-corrected chi connectivity index (χ2v) is 6.72. The molecular weight excluding hydrogens is 286 g/mol. The quantitative estimate of drug-likeness (QED) is 0.346. The van der Waals surface area contributed by atoms with Crippen LogP contribution >= 0.6 is 11.3 Å². The van der Waals surface area contributed by atoms with E-state index < -0.39 is 5.54 Å². The van der Waals surface area contributed by atoms with Crippen LogP contribution in [0.5, 0.6) is 0 Å². The Labute approximate surface area is 129 Å². The van der Waals surface area contributed by atoms with Crippen molar-refractivity contribution in [2.45, 2.75) is 51.5 Å². The Morgan fingerprint density at radius 3 is 2.71 bits per heavy atom. The van der Waals surface area contributed by atoms with Crippen LogP contribution in [0.4, 0.5) is 0 Å². The number of carbonyl (C=O) groups excluding carboxylic acids is 1. The largest absolute Gasteiger partial charge is 0.409 e. The standard InChI is InChI=1S/C15H23N3O2S/c1-3-11-4-7-15(8-5-11,14(16)18-20)17-13(19)12-10(2)6-9-21-12/h6,9,11,20H,3-5,7-8H2,1-2H3,(H2,16,18)(H,17,19). The molecule has 0 bridgehead atoms. The third kappa shape index (κ3) is 3.20. The normalized spacial score (nSPS) is 26.6. The summed E-state index contributed by atoms with van der Waals surface area (Å²) < 4.78 is 0. The van der Waals surface area contributed by atoms with Crippen molar-refractivity contribution in [1.82, 2.24) is 5.32 Å². The molecule has 1 saturated carbocycles. The topological polar surface area (TPSA) is 87.7 Å². The zero-order valence-corrected chi connectivity index (χ0v) is 13.4. The average molecular weight is 309 g/mol. The van der Waals surface area contributed by atoms with Crippen molar-refractivity contribution in [3.8, 4) is 0 Å². The molecule has 6 heteroatoms. The summed E-state index contributed by atoms with van der Waals surface area (Å²) in [4.78, 5) is 13.2. The maximum Gasteiger partial charge on any atom is 0.262 e. The summed E-state index contributed by atoms with van der Waals surface area (Å²) in [6, 6.07) is 1.92. The first kappa shape index (κ1) is 15.8. The number of hydrogen-bond acceptors (Lipinski definition) is 4. The zero-order chi connectivity index (χ0) is 15.5. The van der Waals surface area contributed by atoms with Gasteiger partial charge in [-0.15, -0.1) is 11.3 Å². The van der Waals surface area contributed by atoms with Gasteiger partial charge in [-0.1, -0.05) is 18.5 Å². The summed E-state index contributed by atoms with van der Waals surface area (Å²) in [5, 5.41) is 17.2. The van der Waals surface area contributed by atoms with Gasteiger partial charge in [0.2, 0.25) is 0 Å². The van der Waals surface area contributed by atoms with Crippen LogP contribution in [0.3, 0.4) is 0 Å². The lowest BCUT2D eigenvalue weighted by Crippen LogP contribution is -2.59. The van der Waals surface area contributed by atoms with E-state index in [-0.39, 0.29) is 11.7 Å². The number of amidine groups is 1. The van der Waals surface area contributed by atoms with Crippen LogP contribution in [0, 0.1) is 12.8 Å². The molecule has 0 atom stereocenters. The fraction of sp³-hybridized carbons (Fsp3) is 0.600. The lowest BCUT2D eigenvalue weighted by Gasteiger charge is -2.39. The monoisotopic (exact) mass is 309 g/mol. The number of amides is 1. The number of oxime groups is 1. The molecule has 5 nitrogen and oxygen atoms in total. The highest BCUT2D eigenvalue weighted by Crippen LogP contribution is 2.34. The van der Waals surface area contributed by atoms with E-state index in [2.05, 4.69) is 17.4 Å². The number of thiophene rings is 1. The van der Waals surface area contributed by atoms with E-state index in [4.69, 9.17) is 10.9 Å². The van der Waals surface area contributed by atoms with Gasteiger partial charge in [0.15, 0.2) is 5.84 Å². The van der Waals surface area contributed by atoms with Gasteiger partial charge in [0.1, 0.15) is 5.54 Å². The van der Waals surface area contributed by atoms with Crippen LogP contribution in [-0.2, 0) is 0 Å². The number of aryl methyl sites for hydroxylation is 1. The minimum absolute atomic E-state index is 0.111. The molecule has 0 unspecified atom stereocenters. The first-order chi connectivity index (χ1) is 10.0. The van der Waals surface area contributed by atoms with Gasteiger partial charge in [-0.2, -0.15) is 0 Å². The molecule has 2 rings (SSSR count). The van der Waals surface area contributed by atoms with E-state index in [0.717, 1.165) is 37.7 Å². The number of nitrogens with zero attached hydrogens (tertiary/aromatic N) is 1. The molecule has 0 saturated heterocycles. The molecule has 0 spiro atoms. The van der Waals surface area contributed by atoms with E-state index in [9.17, 15) is 4.79 Å². The molecule has 0 aromatic carbocycles. The van der Waals surface area contributed by atoms with Crippen LogP contribution < -0.4 is 11.1 Å². The maximum atomic E-state index is 12.5. The Balaban J connectivity index is 2.18. The lowest BCUT2D eigenvalue weighted by atomic mass is 9.75. The number of rotatable bonds is 4. The summed E-state index contributed by atoms with van der Waals surface area (Å²) in [7, 11) is 0. The molecule has 4 N–H and O–H groups in total. The van der Waals surface area contributed by atoms with E-state index in [1.54, 1.807) is 0 Å². The molecule has 1 heterocycles. The summed E-state index contributed by atoms with van der Waals surface area (Å²) in [5.41, 5.74) is 6.14. The molecule has 0 aliphatic heterocycles. The maximum absolute atomic E-state index is 12.5. The summed E-state index contributed by atoms with van der Waals surface area (Å²) in [6.07, 6.45) is 4.53. The predicted molar refractivity (Wildman–Crippen MR) is 84.9 cm³/mol. The zero-order valence-electron chi connectivity index (χ0n) is 12.6. The third-order valence-electron chi connectivity index (χ3n) is 4.56. The molecule has 1 aliphatic rings. The minimum atomic E-state index is -0.714. The van der Waals surface area contributed by atoms with Crippen molar-refractivity contribution >= 4 is 23.1 Å². The van der Waals surface area contributed by atoms with E-state index in [0.29, 0.717) is 10.8 Å². The SMILES string of the molecule is CCC1CCC(NC(=O)c2sccc2C)(/C(N)=N/O)CC1. The summed E-state index contributed by atoms with van der Waals surface area (Å²) >= 11 is 1.41. The molecule has 1 aliphatic carbocycles. The van der Waals surface area contributed by atoms with Crippen LogP contribution in [0.2, 0.25) is 0 Å². The second-order valence-electron chi connectivity index (χ2n) is 5.81. The highest BCUT2D eigenvalue weighted by molar-refractivity contribution is 7.12. The highest BCUT2D eigenvalue weighted by atomic mass is 32.1. The predicted octanol–water partition coefficient (Wildman–Crippen LogP) is 2.87. The second kappa shape index (κ2) is 6.47. The fourth-order valence-electron chi connectivity index (χ4n) is 3.00. The smallest absolute Gasteiger partial charge is 0.262 e. The number of hydrogen-bond donors (Lipinski definition) is 3. The van der Waals surface area contributed by atoms with Crippen molar-refractivity contribution in [3.63, 3.8) is 0 Å². The third-order valence-corrected chi connectivity index (χ3v) is 5.57. The molecule has 0 radical (unpaired) electrons. The van der Waals surface area contributed by atoms with Gasteiger partial charge in [0.05, 0.1) is 4.88 Å². The summed E-state index contributed by atoms with van der Waals surface area (Å²) in [5.74, 6) is 0.633. The van der Waals surface area contributed by atoms with Crippen LogP contribution in [0.25, 0.3) is 0 Å². The Morgan fingerprint density at radius 1 is 1.57 bits per heavy atom. The van der Waals surface area contributed by atoms with Crippen LogP contribution in [0.15, 0.2) is 16.6 Å². The Morgan fingerprint density at radius 2 is 2.24 bits per heavy atom. The van der Waals surface area contributed by atoms with Crippen molar-refractivity contribution in [2.75, 3.05) is 0 Å². The molecule has 1 aromatic rings. The first-order valence-electron chi connectivity index (χ1n) is 7.37. The van der Waals surface area contributed by atoms with Crippen molar-refractivity contribution < 1.29 is 10.0 Å². The molecular formula is C15H23N3O2S. The van der Waals surface area contributed by atoms with Gasteiger partial charge in [0.25, 0.3) is 5.91 Å². The van der Waals surface area contributed by atoms with Gasteiger partial charge in [0, 0.05) is 0 Å². The number of nitrogens with two attached hydrogens (primary N) is 1.